The molecular weight excluding hydrogens is 200 g/mol. The van der Waals surface area contributed by atoms with Gasteiger partial charge in [-0.15, -0.1) is 0 Å². The molecule has 2 rings (SSSR count). The number of halogens is 2. The van der Waals surface area contributed by atoms with Gasteiger partial charge in [-0.1, -0.05) is 6.07 Å². The van der Waals surface area contributed by atoms with Gasteiger partial charge in [-0.05, 0) is 18.2 Å². The van der Waals surface area contributed by atoms with Crippen molar-refractivity contribution in [1.29, 1.82) is 0 Å². The Kier molecular flexibility index (Phi) is 2.29. The summed E-state index contributed by atoms with van der Waals surface area (Å²) in [6.07, 6.45) is 1.35. The normalized spacial score (nSPS) is 10.3. The van der Waals surface area contributed by atoms with Gasteiger partial charge >= 0.3 is 0 Å². The molecule has 0 aliphatic carbocycles. The number of aromatic nitrogens is 2. The molecule has 0 fully saturated rings. The zero-order valence-corrected chi connectivity index (χ0v) is 7.61. The molecule has 5 heteroatoms. The fourth-order valence-corrected chi connectivity index (χ4v) is 1.20. The number of hydrogen-bond acceptors (Lipinski definition) is 3. The van der Waals surface area contributed by atoms with Gasteiger partial charge in [0.1, 0.15) is 17.5 Å². The van der Waals surface area contributed by atoms with Gasteiger partial charge in [0.25, 0.3) is 0 Å². The number of hydrogen-bond donors (Lipinski definition) is 1. The molecule has 0 unspecified atom stereocenters. The standard InChI is InChI=1S/C10H7F2N3/c11-6-2-1-3-7(12)9(6)10-14-5-4-8(13)15-10/h1-5H,(H2,13,14,15). The molecule has 0 amide bonds. The van der Waals surface area contributed by atoms with Crippen LogP contribution in [0.15, 0.2) is 30.5 Å². The Balaban J connectivity index is 2.63. The number of anilines is 1. The molecule has 2 aromatic rings. The van der Waals surface area contributed by atoms with E-state index in [4.69, 9.17) is 5.73 Å². The second-order valence-corrected chi connectivity index (χ2v) is 2.90. The Morgan fingerprint density at radius 2 is 1.73 bits per heavy atom. The Labute approximate surface area is 84.6 Å². The van der Waals surface area contributed by atoms with E-state index in [-0.39, 0.29) is 17.2 Å². The van der Waals surface area contributed by atoms with Gasteiger partial charge in [0.2, 0.25) is 0 Å². The van der Waals surface area contributed by atoms with Crippen molar-refractivity contribution in [2.24, 2.45) is 0 Å². The van der Waals surface area contributed by atoms with Gasteiger partial charge in [0.05, 0.1) is 5.56 Å². The summed E-state index contributed by atoms with van der Waals surface area (Å²) in [6, 6.07) is 5.01. The van der Waals surface area contributed by atoms with E-state index in [2.05, 4.69) is 9.97 Å². The molecule has 0 atom stereocenters. The van der Waals surface area contributed by atoms with Crippen molar-refractivity contribution in [3.8, 4) is 11.4 Å². The molecule has 15 heavy (non-hydrogen) atoms. The molecule has 76 valence electrons. The van der Waals surface area contributed by atoms with Crippen LogP contribution >= 0.6 is 0 Å². The van der Waals surface area contributed by atoms with Gasteiger partial charge in [0, 0.05) is 6.20 Å². The molecule has 0 spiro atoms. The van der Waals surface area contributed by atoms with Crippen molar-refractivity contribution >= 4 is 5.82 Å². The smallest absolute Gasteiger partial charge is 0.167 e. The maximum absolute atomic E-state index is 13.3. The maximum atomic E-state index is 13.3. The highest BCUT2D eigenvalue weighted by molar-refractivity contribution is 5.57. The summed E-state index contributed by atoms with van der Waals surface area (Å²) in [5, 5.41) is 0. The van der Waals surface area contributed by atoms with E-state index in [0.717, 1.165) is 12.1 Å². The van der Waals surface area contributed by atoms with Crippen LogP contribution in [0, 0.1) is 11.6 Å². The summed E-state index contributed by atoms with van der Waals surface area (Å²) in [4.78, 5) is 7.51. The van der Waals surface area contributed by atoms with Crippen LogP contribution in [-0.4, -0.2) is 9.97 Å². The van der Waals surface area contributed by atoms with Crippen molar-refractivity contribution < 1.29 is 8.78 Å². The van der Waals surface area contributed by atoms with E-state index >= 15 is 0 Å². The maximum Gasteiger partial charge on any atom is 0.167 e. The molecule has 0 radical (unpaired) electrons. The summed E-state index contributed by atoms with van der Waals surface area (Å²) in [5.74, 6) is -1.30. The molecule has 0 bridgehead atoms. The van der Waals surface area contributed by atoms with Crippen LogP contribution in [0.3, 0.4) is 0 Å². The van der Waals surface area contributed by atoms with Crippen LogP contribution in [0.1, 0.15) is 0 Å². The minimum absolute atomic E-state index is 0.0504. The summed E-state index contributed by atoms with van der Waals surface area (Å²) < 4.78 is 26.6. The minimum atomic E-state index is -0.708. The Morgan fingerprint density at radius 1 is 1.07 bits per heavy atom. The highest BCUT2D eigenvalue weighted by Crippen LogP contribution is 2.22. The largest absolute Gasteiger partial charge is 0.384 e. The quantitative estimate of drug-likeness (QED) is 0.778. The zero-order chi connectivity index (χ0) is 10.8. The van der Waals surface area contributed by atoms with Crippen LogP contribution in [0.25, 0.3) is 11.4 Å². The van der Waals surface area contributed by atoms with Crippen LogP contribution in [0.2, 0.25) is 0 Å². The van der Waals surface area contributed by atoms with Crippen LogP contribution in [0.5, 0.6) is 0 Å². The Hall–Kier alpha value is -2.04. The lowest BCUT2D eigenvalue weighted by Crippen LogP contribution is -1.98. The fourth-order valence-electron chi connectivity index (χ4n) is 1.20. The summed E-state index contributed by atoms with van der Waals surface area (Å²) in [5.41, 5.74) is 5.14. The topological polar surface area (TPSA) is 51.8 Å². The highest BCUT2D eigenvalue weighted by atomic mass is 19.1. The highest BCUT2D eigenvalue weighted by Gasteiger charge is 2.13. The monoisotopic (exact) mass is 207 g/mol. The van der Waals surface area contributed by atoms with E-state index in [1.54, 1.807) is 0 Å². The number of nitrogens with two attached hydrogens (primary N) is 1. The molecule has 1 aromatic heterocycles. The first-order chi connectivity index (χ1) is 7.18. The lowest BCUT2D eigenvalue weighted by Gasteiger charge is -2.03. The minimum Gasteiger partial charge on any atom is -0.384 e. The molecule has 3 nitrogen and oxygen atoms in total. The fraction of sp³-hybridized carbons (Fsp3) is 0. The van der Waals surface area contributed by atoms with E-state index in [9.17, 15) is 8.78 Å². The number of nitrogen functional groups attached to an aromatic ring is 1. The average Bonchev–Trinajstić information content (AvgIpc) is 2.17. The van der Waals surface area contributed by atoms with Crippen molar-refractivity contribution in [3.63, 3.8) is 0 Å². The first-order valence-corrected chi connectivity index (χ1v) is 4.21. The molecule has 0 saturated heterocycles. The van der Waals surface area contributed by atoms with Gasteiger partial charge in [0.15, 0.2) is 5.82 Å². The van der Waals surface area contributed by atoms with Crippen molar-refractivity contribution in [2.45, 2.75) is 0 Å². The summed E-state index contributed by atoms with van der Waals surface area (Å²) >= 11 is 0. The third-order valence-electron chi connectivity index (χ3n) is 1.86. The van der Waals surface area contributed by atoms with Crippen molar-refractivity contribution in [2.75, 3.05) is 5.73 Å². The van der Waals surface area contributed by atoms with E-state index in [1.165, 1.54) is 18.3 Å². The summed E-state index contributed by atoms with van der Waals surface area (Å²) in [7, 11) is 0. The third-order valence-corrected chi connectivity index (χ3v) is 1.86. The molecule has 0 aliphatic heterocycles. The Morgan fingerprint density at radius 3 is 2.33 bits per heavy atom. The zero-order valence-electron chi connectivity index (χ0n) is 7.61. The lowest BCUT2D eigenvalue weighted by molar-refractivity contribution is 0.587. The van der Waals surface area contributed by atoms with Crippen molar-refractivity contribution in [1.82, 2.24) is 9.97 Å². The molecular formula is C10H7F2N3. The molecule has 1 heterocycles. The van der Waals surface area contributed by atoms with Gasteiger partial charge < -0.3 is 5.73 Å². The average molecular weight is 207 g/mol. The molecule has 1 aromatic carbocycles. The van der Waals surface area contributed by atoms with Crippen LogP contribution < -0.4 is 5.73 Å². The molecule has 0 saturated carbocycles. The molecule has 2 N–H and O–H groups in total. The SMILES string of the molecule is Nc1ccnc(-c2c(F)cccc2F)n1. The lowest BCUT2D eigenvalue weighted by atomic mass is 10.2. The molecule has 0 aliphatic rings. The van der Waals surface area contributed by atoms with E-state index < -0.39 is 11.6 Å². The third kappa shape index (κ3) is 1.76. The van der Waals surface area contributed by atoms with Crippen LogP contribution in [-0.2, 0) is 0 Å². The van der Waals surface area contributed by atoms with Crippen molar-refractivity contribution in [3.05, 3.63) is 42.1 Å². The predicted octanol–water partition coefficient (Wildman–Crippen LogP) is 2.00. The van der Waals surface area contributed by atoms with E-state index in [1.807, 2.05) is 0 Å². The number of nitrogens with zero attached hydrogens (tertiary/aromatic N) is 2. The first-order valence-electron chi connectivity index (χ1n) is 4.21. The predicted molar refractivity (Wildman–Crippen MR) is 51.8 cm³/mol. The van der Waals surface area contributed by atoms with E-state index in [0.29, 0.717) is 0 Å². The van der Waals surface area contributed by atoms with Gasteiger partial charge in [-0.25, -0.2) is 18.7 Å². The first kappa shape index (κ1) is 9.51. The second kappa shape index (κ2) is 3.61. The van der Waals surface area contributed by atoms with Gasteiger partial charge in [-0.3, -0.25) is 0 Å². The van der Waals surface area contributed by atoms with Gasteiger partial charge in [-0.2, -0.15) is 0 Å². The van der Waals surface area contributed by atoms with Crippen LogP contribution in [0.4, 0.5) is 14.6 Å². The number of rotatable bonds is 1. The Bertz CT molecular complexity index is 480. The second-order valence-electron chi connectivity index (χ2n) is 2.90. The number of benzene rings is 1. The summed E-state index contributed by atoms with van der Waals surface area (Å²) in [6.45, 7) is 0.